The van der Waals surface area contributed by atoms with Crippen LogP contribution in [0.15, 0.2) is 30.5 Å². The summed E-state index contributed by atoms with van der Waals surface area (Å²) in [4.78, 5) is 11.6. The van der Waals surface area contributed by atoms with E-state index < -0.39 is 0 Å². The van der Waals surface area contributed by atoms with Crippen LogP contribution in [0.4, 0.5) is 0 Å². The van der Waals surface area contributed by atoms with Gasteiger partial charge in [-0.2, -0.15) is 5.10 Å². The quantitative estimate of drug-likeness (QED) is 0.845. The lowest BCUT2D eigenvalue weighted by atomic mass is 9.91. The number of hydrogen-bond donors (Lipinski definition) is 1. The van der Waals surface area contributed by atoms with Crippen molar-refractivity contribution in [1.29, 1.82) is 0 Å². The number of hydrogen-bond acceptors (Lipinski definition) is 3. The van der Waals surface area contributed by atoms with Gasteiger partial charge < -0.3 is 10.1 Å². The van der Waals surface area contributed by atoms with E-state index in [-0.39, 0.29) is 24.2 Å². The highest BCUT2D eigenvalue weighted by Gasteiger charge is 2.33. The van der Waals surface area contributed by atoms with Gasteiger partial charge in [0.15, 0.2) is 0 Å². The molecule has 3 rings (SSSR count). The minimum absolute atomic E-state index is 0.0103. The monoisotopic (exact) mass is 375 g/mol. The van der Waals surface area contributed by atoms with Crippen molar-refractivity contribution in [2.45, 2.75) is 64.8 Å². The molecule has 0 bridgehead atoms. The minimum Gasteiger partial charge on any atom is -0.365 e. The van der Waals surface area contributed by atoms with Gasteiger partial charge >= 0.3 is 0 Å². The summed E-state index contributed by atoms with van der Waals surface area (Å²) in [6.45, 7) is 6.68. The number of aryl methyl sites for hydroxylation is 1. The van der Waals surface area contributed by atoms with Crippen molar-refractivity contribution in [2.75, 3.05) is 0 Å². The van der Waals surface area contributed by atoms with Gasteiger partial charge in [-0.25, -0.2) is 0 Å². The molecule has 1 saturated heterocycles. The average molecular weight is 376 g/mol. The Morgan fingerprint density at radius 1 is 1.31 bits per heavy atom. The van der Waals surface area contributed by atoms with Crippen molar-refractivity contribution in [2.24, 2.45) is 0 Å². The molecule has 3 atom stereocenters. The van der Waals surface area contributed by atoms with E-state index in [9.17, 15) is 4.79 Å². The normalized spacial score (nSPS) is 23.0. The lowest BCUT2D eigenvalue weighted by Crippen LogP contribution is -2.39. The Balaban J connectivity index is 1.86. The van der Waals surface area contributed by atoms with Crippen molar-refractivity contribution in [3.63, 3.8) is 0 Å². The molecule has 5 nitrogen and oxygen atoms in total. The Bertz CT molecular complexity index is 757. The average Bonchev–Trinajstić information content (AvgIpc) is 2.96. The number of carbonyl (C=O) groups excluding carboxylic acids is 1. The summed E-state index contributed by atoms with van der Waals surface area (Å²) >= 11 is 6.02. The number of carbonyl (C=O) groups is 1. The molecule has 26 heavy (non-hydrogen) atoms. The first-order chi connectivity index (χ1) is 12.5. The molecular formula is C20H26ClN3O2. The molecule has 1 aliphatic heterocycles. The number of amides is 1. The summed E-state index contributed by atoms with van der Waals surface area (Å²) in [5, 5.41) is 8.28. The molecule has 0 saturated carbocycles. The van der Waals surface area contributed by atoms with Crippen LogP contribution < -0.4 is 5.32 Å². The van der Waals surface area contributed by atoms with Crippen molar-refractivity contribution in [3.05, 3.63) is 52.3 Å². The van der Waals surface area contributed by atoms with Crippen molar-refractivity contribution >= 4 is 17.5 Å². The molecule has 6 heteroatoms. The molecule has 2 aromatic rings. The summed E-state index contributed by atoms with van der Waals surface area (Å²) in [6.07, 6.45) is 4.27. The fourth-order valence-electron chi connectivity index (χ4n) is 3.63. The molecule has 1 fully saturated rings. The molecule has 1 aromatic heterocycles. The smallest absolute Gasteiger partial charge is 0.217 e. The van der Waals surface area contributed by atoms with Gasteiger partial charge in [-0.3, -0.25) is 9.48 Å². The van der Waals surface area contributed by atoms with Gasteiger partial charge in [0.05, 0.1) is 18.4 Å². The lowest BCUT2D eigenvalue weighted by Gasteiger charge is -2.36. The fraction of sp³-hybridized carbons (Fsp3) is 0.500. The molecule has 0 unspecified atom stereocenters. The summed E-state index contributed by atoms with van der Waals surface area (Å²) in [5.41, 5.74) is 3.32. The molecule has 0 spiro atoms. The third-order valence-corrected chi connectivity index (χ3v) is 5.15. The molecule has 1 aliphatic rings. The van der Waals surface area contributed by atoms with Gasteiger partial charge in [0, 0.05) is 35.8 Å². The molecule has 1 N–H and O–H groups in total. The lowest BCUT2D eigenvalue weighted by molar-refractivity contribution is -0.122. The summed E-state index contributed by atoms with van der Waals surface area (Å²) < 4.78 is 8.46. The van der Waals surface area contributed by atoms with Gasteiger partial charge in [-0.1, -0.05) is 30.7 Å². The molecular weight excluding hydrogens is 350 g/mol. The Morgan fingerprint density at radius 2 is 2.00 bits per heavy atom. The zero-order chi connectivity index (χ0) is 18.7. The van der Waals surface area contributed by atoms with Crippen LogP contribution in [0.25, 0.3) is 0 Å². The van der Waals surface area contributed by atoms with Gasteiger partial charge in [0.1, 0.15) is 0 Å². The maximum Gasteiger partial charge on any atom is 0.217 e. The fourth-order valence-corrected chi connectivity index (χ4v) is 3.76. The van der Waals surface area contributed by atoms with Crippen LogP contribution in [0, 0.1) is 6.92 Å². The van der Waals surface area contributed by atoms with E-state index in [0.717, 1.165) is 42.6 Å². The van der Waals surface area contributed by atoms with Gasteiger partial charge in [0.25, 0.3) is 0 Å². The number of benzene rings is 1. The zero-order valence-electron chi connectivity index (χ0n) is 15.5. The zero-order valence-corrected chi connectivity index (χ0v) is 16.3. The van der Waals surface area contributed by atoms with Crippen LogP contribution in [0.5, 0.6) is 0 Å². The Morgan fingerprint density at radius 3 is 2.65 bits per heavy atom. The van der Waals surface area contributed by atoms with Crippen LogP contribution >= 0.6 is 11.6 Å². The number of rotatable bonds is 5. The van der Waals surface area contributed by atoms with Crippen LogP contribution in [0.1, 0.15) is 62.1 Å². The van der Waals surface area contributed by atoms with Crippen LogP contribution in [-0.2, 0) is 16.1 Å². The first-order valence-electron chi connectivity index (χ1n) is 9.18. The van der Waals surface area contributed by atoms with E-state index in [1.807, 2.05) is 35.1 Å². The highest BCUT2D eigenvalue weighted by Crippen LogP contribution is 2.40. The van der Waals surface area contributed by atoms with E-state index in [0.29, 0.717) is 5.02 Å². The number of nitrogens with one attached hydrogen (secondary N) is 1. The predicted octanol–water partition coefficient (Wildman–Crippen LogP) is 4.35. The third-order valence-electron chi connectivity index (χ3n) is 4.90. The summed E-state index contributed by atoms with van der Waals surface area (Å²) in [5.74, 6) is -0.0103. The van der Waals surface area contributed by atoms with E-state index >= 15 is 0 Å². The highest BCUT2D eigenvalue weighted by atomic mass is 35.5. The van der Waals surface area contributed by atoms with Crippen LogP contribution in [0.2, 0.25) is 5.02 Å². The second kappa shape index (κ2) is 8.23. The summed E-state index contributed by atoms with van der Waals surface area (Å²) in [7, 11) is 0. The molecule has 0 aliphatic carbocycles. The maximum atomic E-state index is 11.6. The van der Waals surface area contributed by atoms with Crippen LogP contribution in [0.3, 0.4) is 0 Å². The van der Waals surface area contributed by atoms with Crippen molar-refractivity contribution < 1.29 is 9.53 Å². The molecule has 2 heterocycles. The molecule has 1 aromatic carbocycles. The standard InChI is InChI=1S/C20H26ClN3O2/c1-4-9-24-13(2)18(12-22-24)20-11-17(23-14(3)25)10-19(26-20)15-5-7-16(21)8-6-15/h5-8,12,17,19-20H,4,9-11H2,1-3H3,(H,23,25)/t17-,19-,20+/m1/s1. The van der Waals surface area contributed by atoms with Gasteiger partial charge in [-0.05, 0) is 43.9 Å². The van der Waals surface area contributed by atoms with E-state index in [4.69, 9.17) is 16.3 Å². The number of ether oxygens (including phenoxy) is 1. The highest BCUT2D eigenvalue weighted by molar-refractivity contribution is 6.30. The number of halogens is 1. The number of aromatic nitrogens is 2. The van der Waals surface area contributed by atoms with E-state index in [1.165, 1.54) is 0 Å². The van der Waals surface area contributed by atoms with E-state index in [1.54, 1.807) is 6.92 Å². The Hall–Kier alpha value is -1.85. The first-order valence-corrected chi connectivity index (χ1v) is 9.56. The SMILES string of the molecule is CCCn1ncc([C@@H]2C[C@H](NC(C)=O)C[C@H](c3ccc(Cl)cc3)O2)c1C. The minimum atomic E-state index is -0.0908. The van der Waals surface area contributed by atoms with Gasteiger partial charge in [0.2, 0.25) is 5.91 Å². The van der Waals surface area contributed by atoms with E-state index in [2.05, 4.69) is 24.3 Å². The largest absolute Gasteiger partial charge is 0.365 e. The molecule has 1 amide bonds. The van der Waals surface area contributed by atoms with Gasteiger partial charge in [-0.15, -0.1) is 0 Å². The number of nitrogens with zero attached hydrogens (tertiary/aromatic N) is 2. The second-order valence-corrected chi connectivity index (χ2v) is 7.38. The predicted molar refractivity (Wildman–Crippen MR) is 102 cm³/mol. The summed E-state index contributed by atoms with van der Waals surface area (Å²) in [6, 6.07) is 7.81. The van der Waals surface area contributed by atoms with Crippen molar-refractivity contribution in [3.8, 4) is 0 Å². The Labute approximate surface area is 159 Å². The maximum absolute atomic E-state index is 11.6. The second-order valence-electron chi connectivity index (χ2n) is 6.94. The molecule has 0 radical (unpaired) electrons. The topological polar surface area (TPSA) is 56.2 Å². The third kappa shape index (κ3) is 4.27. The first kappa shape index (κ1) is 18.9. The Kier molecular flexibility index (Phi) is 5.99. The van der Waals surface area contributed by atoms with Crippen LogP contribution in [-0.4, -0.2) is 21.7 Å². The van der Waals surface area contributed by atoms with Crippen molar-refractivity contribution in [1.82, 2.24) is 15.1 Å². The molecule has 140 valence electrons.